The van der Waals surface area contributed by atoms with Gasteiger partial charge in [-0.3, -0.25) is 4.57 Å². The molecule has 1 unspecified atom stereocenters. The molecule has 13 rings (SSSR count). The average molecular weight is 795 g/mol. The first-order valence-electron chi connectivity index (χ1n) is 20.8. The van der Waals surface area contributed by atoms with Gasteiger partial charge in [-0.25, -0.2) is 19.9 Å². The maximum absolute atomic E-state index is 6.42. The molecule has 2 aliphatic carbocycles. The molecule has 1 atom stereocenters. The Morgan fingerprint density at radius 3 is 1.74 bits per heavy atom. The maximum atomic E-state index is 6.42. The number of furan rings is 1. The van der Waals surface area contributed by atoms with Crippen LogP contribution in [0.15, 0.2) is 199 Å². The number of para-hydroxylation sites is 3. The zero-order chi connectivity index (χ0) is 40.9. The van der Waals surface area contributed by atoms with Crippen LogP contribution in [0.4, 0.5) is 5.88 Å². The van der Waals surface area contributed by atoms with Crippen LogP contribution in [0.1, 0.15) is 22.3 Å². The first-order valence-corrected chi connectivity index (χ1v) is 20.8. The van der Waals surface area contributed by atoms with Crippen LogP contribution < -0.4 is 5.73 Å². The fourth-order valence-electron chi connectivity index (χ4n) is 10.1. The van der Waals surface area contributed by atoms with Crippen molar-refractivity contribution in [3.05, 3.63) is 216 Å². The second kappa shape index (κ2) is 13.0. The van der Waals surface area contributed by atoms with Gasteiger partial charge in [-0.1, -0.05) is 146 Å². The fourth-order valence-corrected chi connectivity index (χ4v) is 10.1. The number of fused-ring (bicyclic) bond motifs is 13. The van der Waals surface area contributed by atoms with Crippen LogP contribution in [-0.2, 0) is 5.41 Å². The molecule has 3 heterocycles. The van der Waals surface area contributed by atoms with E-state index in [9.17, 15) is 0 Å². The zero-order valence-corrected chi connectivity index (χ0v) is 33.2. The summed E-state index contributed by atoms with van der Waals surface area (Å²) < 4.78 is 8.38. The van der Waals surface area contributed by atoms with Gasteiger partial charge in [0.2, 0.25) is 0 Å². The number of nitrogens with zero attached hydrogens (tertiary/aromatic N) is 5. The summed E-state index contributed by atoms with van der Waals surface area (Å²) >= 11 is 0. The Morgan fingerprint density at radius 1 is 0.435 bits per heavy atom. The van der Waals surface area contributed by atoms with Crippen LogP contribution >= 0.6 is 0 Å². The van der Waals surface area contributed by atoms with Crippen molar-refractivity contribution in [3.8, 4) is 73.5 Å². The summed E-state index contributed by atoms with van der Waals surface area (Å²) in [5.41, 5.74) is 22.7. The van der Waals surface area contributed by atoms with Gasteiger partial charge in [-0.2, -0.15) is 0 Å². The zero-order valence-electron chi connectivity index (χ0n) is 33.2. The quantitative estimate of drug-likeness (QED) is 0.186. The second-order valence-electron chi connectivity index (χ2n) is 16.0. The Bertz CT molecular complexity index is 3540. The van der Waals surface area contributed by atoms with E-state index >= 15 is 0 Å². The van der Waals surface area contributed by atoms with Crippen LogP contribution in [-0.4, -0.2) is 24.5 Å². The van der Waals surface area contributed by atoms with Crippen LogP contribution in [0.5, 0.6) is 0 Å². The van der Waals surface area contributed by atoms with Gasteiger partial charge in [0, 0.05) is 39.4 Å². The minimum absolute atomic E-state index is 0.377. The number of nitrogens with two attached hydrogens (primary N) is 1. The van der Waals surface area contributed by atoms with Gasteiger partial charge in [0.05, 0.1) is 16.4 Å². The van der Waals surface area contributed by atoms with E-state index in [1.54, 1.807) is 0 Å². The molecule has 0 amide bonds. The first kappa shape index (κ1) is 34.4. The molecule has 0 saturated heterocycles. The molecule has 62 heavy (non-hydrogen) atoms. The number of nitrogen functional groups attached to an aromatic ring is 1. The number of imidazole rings is 1. The van der Waals surface area contributed by atoms with E-state index in [4.69, 9.17) is 30.1 Å². The van der Waals surface area contributed by atoms with Crippen molar-refractivity contribution in [1.29, 1.82) is 0 Å². The lowest BCUT2D eigenvalue weighted by molar-refractivity contribution is 0.637. The molecule has 3 aromatic heterocycles. The summed E-state index contributed by atoms with van der Waals surface area (Å²) in [6, 6.07) is 67.7. The van der Waals surface area contributed by atoms with E-state index in [0.717, 1.165) is 66.9 Å². The molecule has 7 nitrogen and oxygen atoms in total. The predicted molar refractivity (Wildman–Crippen MR) is 247 cm³/mol. The standard InChI is InChI=1S/C55H34N6O/c56-49-32-41-48(62-49)29-28-45-50(41)40-30-35(53-59-51(33-14-4-1-5-15-33)58-52(60-53)34-16-6-2-7-17-34)24-26-44(40)55(45)42-21-11-10-20-38(42)39-31-36(25-27-43(39)55)54-57-46-22-12-13-23-47(46)61(54)37-18-8-3-9-19-37/h1-32H,56H2. The van der Waals surface area contributed by atoms with Crippen molar-refractivity contribution < 1.29 is 4.42 Å². The topological polar surface area (TPSA) is 95.7 Å². The maximum Gasteiger partial charge on any atom is 0.191 e. The van der Waals surface area contributed by atoms with E-state index in [-0.39, 0.29) is 0 Å². The van der Waals surface area contributed by atoms with Crippen LogP contribution in [0.25, 0.3) is 95.5 Å². The van der Waals surface area contributed by atoms with E-state index in [1.807, 2.05) is 78.9 Å². The minimum Gasteiger partial charge on any atom is -0.441 e. The predicted octanol–water partition coefficient (Wildman–Crippen LogP) is 12.6. The largest absolute Gasteiger partial charge is 0.441 e. The van der Waals surface area contributed by atoms with E-state index < -0.39 is 5.41 Å². The molecule has 7 heteroatoms. The Labute approximate surface area is 356 Å². The highest BCUT2D eigenvalue weighted by atomic mass is 16.3. The molecule has 0 fully saturated rings. The molecular weight excluding hydrogens is 761 g/mol. The van der Waals surface area contributed by atoms with Gasteiger partial charge in [-0.15, -0.1) is 0 Å². The van der Waals surface area contributed by atoms with Crippen molar-refractivity contribution >= 4 is 27.9 Å². The lowest BCUT2D eigenvalue weighted by Crippen LogP contribution is -2.25. The van der Waals surface area contributed by atoms with Gasteiger partial charge >= 0.3 is 0 Å². The molecular formula is C55H34N6O. The fraction of sp³-hybridized carbons (Fsp3) is 0.0182. The van der Waals surface area contributed by atoms with Crippen molar-refractivity contribution in [1.82, 2.24) is 24.5 Å². The van der Waals surface area contributed by atoms with Crippen LogP contribution in [0.3, 0.4) is 0 Å². The van der Waals surface area contributed by atoms with Gasteiger partial charge in [0.1, 0.15) is 11.4 Å². The Morgan fingerprint density at radius 2 is 1.00 bits per heavy atom. The van der Waals surface area contributed by atoms with Gasteiger partial charge in [0.25, 0.3) is 0 Å². The summed E-state index contributed by atoms with van der Waals surface area (Å²) in [5, 5.41) is 0.972. The molecule has 2 N–H and O–H groups in total. The number of hydrogen-bond donors (Lipinski definition) is 1. The lowest BCUT2D eigenvalue weighted by Gasteiger charge is -2.30. The smallest absolute Gasteiger partial charge is 0.191 e. The minimum atomic E-state index is -0.628. The van der Waals surface area contributed by atoms with E-state index in [1.165, 1.54) is 33.4 Å². The molecule has 1 spiro atoms. The van der Waals surface area contributed by atoms with Gasteiger partial charge in [-0.05, 0) is 87.0 Å². The Hall–Kier alpha value is -8.42. The van der Waals surface area contributed by atoms with Crippen molar-refractivity contribution in [3.63, 3.8) is 0 Å². The van der Waals surface area contributed by atoms with E-state index in [0.29, 0.717) is 23.4 Å². The Balaban J connectivity index is 1.06. The molecule has 0 bridgehead atoms. The van der Waals surface area contributed by atoms with Crippen molar-refractivity contribution in [2.45, 2.75) is 5.41 Å². The highest BCUT2D eigenvalue weighted by Gasteiger charge is 2.52. The molecule has 2 aliphatic rings. The third kappa shape index (κ3) is 4.87. The molecule has 8 aromatic carbocycles. The molecule has 0 saturated carbocycles. The molecule has 11 aromatic rings. The average Bonchev–Trinajstić information content (AvgIpc) is 4.08. The summed E-state index contributed by atoms with van der Waals surface area (Å²) in [6.07, 6.45) is 0. The highest BCUT2D eigenvalue weighted by Crippen LogP contribution is 2.64. The first-order chi connectivity index (χ1) is 30.6. The summed E-state index contributed by atoms with van der Waals surface area (Å²) in [5.74, 6) is 3.11. The SMILES string of the molecule is Nc1cc2c3c(ccc2o1)C1(c2ccccc2-c2cc(-c4nc5ccccc5n4-c4ccccc4)ccc21)c1ccc(-c2nc(-c4ccccc4)nc(-c4ccccc4)n2)cc1-3. The molecule has 290 valence electrons. The van der Waals surface area contributed by atoms with Crippen molar-refractivity contribution in [2.24, 2.45) is 0 Å². The van der Waals surface area contributed by atoms with Crippen LogP contribution in [0.2, 0.25) is 0 Å². The monoisotopic (exact) mass is 794 g/mol. The third-order valence-electron chi connectivity index (χ3n) is 12.7. The number of benzene rings is 8. The summed E-state index contributed by atoms with van der Waals surface area (Å²) in [7, 11) is 0. The summed E-state index contributed by atoms with van der Waals surface area (Å²) in [6.45, 7) is 0. The molecule has 0 aliphatic heterocycles. The third-order valence-corrected chi connectivity index (χ3v) is 12.7. The Kier molecular flexibility index (Phi) is 7.24. The van der Waals surface area contributed by atoms with Crippen LogP contribution in [0, 0.1) is 0 Å². The van der Waals surface area contributed by atoms with Gasteiger partial charge in [0.15, 0.2) is 23.4 Å². The van der Waals surface area contributed by atoms with E-state index in [2.05, 4.69) is 120 Å². The second-order valence-corrected chi connectivity index (χ2v) is 16.0. The number of hydrogen-bond acceptors (Lipinski definition) is 6. The van der Waals surface area contributed by atoms with Gasteiger partial charge < -0.3 is 10.2 Å². The number of rotatable bonds is 5. The highest BCUT2D eigenvalue weighted by molar-refractivity contribution is 6.06. The lowest BCUT2D eigenvalue weighted by atomic mass is 9.70. The number of aromatic nitrogens is 5. The summed E-state index contributed by atoms with van der Waals surface area (Å²) in [4.78, 5) is 20.5. The molecule has 0 radical (unpaired) electrons. The normalized spacial score (nSPS) is 14.6. The number of anilines is 1. The van der Waals surface area contributed by atoms with Crippen molar-refractivity contribution in [2.75, 3.05) is 5.73 Å².